The van der Waals surface area contributed by atoms with Crippen molar-refractivity contribution in [2.45, 2.75) is 32.9 Å². The summed E-state index contributed by atoms with van der Waals surface area (Å²) in [4.78, 5) is 4.39. The van der Waals surface area contributed by atoms with Crippen molar-refractivity contribution in [1.82, 2.24) is 14.8 Å². The highest BCUT2D eigenvalue weighted by molar-refractivity contribution is 5.84. The molecule has 0 saturated carbocycles. The predicted octanol–water partition coefficient (Wildman–Crippen LogP) is 3.04. The van der Waals surface area contributed by atoms with Crippen LogP contribution in [-0.2, 0) is 13.0 Å². The molecule has 1 N–H and O–H groups in total. The highest BCUT2D eigenvalue weighted by Gasteiger charge is 2.16. The van der Waals surface area contributed by atoms with Crippen LogP contribution in [0.1, 0.15) is 30.1 Å². The summed E-state index contributed by atoms with van der Waals surface area (Å²) in [5.74, 6) is 0. The van der Waals surface area contributed by atoms with E-state index in [0.29, 0.717) is 6.42 Å². The van der Waals surface area contributed by atoms with Crippen molar-refractivity contribution in [1.29, 1.82) is 0 Å². The number of benzene rings is 1. The first-order valence-corrected chi connectivity index (χ1v) is 7.24. The Morgan fingerprint density at radius 2 is 2.05 bits per heavy atom. The maximum absolute atomic E-state index is 10.6. The molecular weight excluding hydrogens is 262 g/mol. The molecule has 0 spiro atoms. The lowest BCUT2D eigenvalue weighted by Crippen LogP contribution is -2.10. The Kier molecular flexibility index (Phi) is 3.71. The standard InChI is InChI=1S/C17H19N3O/c1-3-20-14(10-12(2)19-20)11-16(21)17-15-7-5-4-6-13(15)8-9-18-17/h4-10,16,21H,3,11H2,1-2H3. The van der Waals surface area contributed by atoms with Crippen LogP contribution in [0.3, 0.4) is 0 Å². The van der Waals surface area contributed by atoms with Gasteiger partial charge in [0, 0.05) is 30.2 Å². The number of hydrogen-bond donors (Lipinski definition) is 1. The number of fused-ring (bicyclic) bond motifs is 1. The number of aromatic nitrogens is 3. The summed E-state index contributed by atoms with van der Waals surface area (Å²) in [5, 5.41) is 17.1. The number of rotatable bonds is 4. The molecule has 3 aromatic rings. The van der Waals surface area contributed by atoms with Crippen molar-refractivity contribution in [3.8, 4) is 0 Å². The molecule has 0 radical (unpaired) electrons. The average molecular weight is 281 g/mol. The number of aryl methyl sites for hydroxylation is 2. The zero-order chi connectivity index (χ0) is 14.8. The van der Waals surface area contributed by atoms with Gasteiger partial charge in [-0.2, -0.15) is 5.10 Å². The number of aliphatic hydroxyl groups is 1. The maximum atomic E-state index is 10.6. The van der Waals surface area contributed by atoms with Crippen LogP contribution in [0.25, 0.3) is 10.8 Å². The van der Waals surface area contributed by atoms with Crippen molar-refractivity contribution in [2.75, 3.05) is 0 Å². The van der Waals surface area contributed by atoms with E-state index in [-0.39, 0.29) is 0 Å². The monoisotopic (exact) mass is 281 g/mol. The van der Waals surface area contributed by atoms with Gasteiger partial charge in [-0.1, -0.05) is 24.3 Å². The number of aliphatic hydroxyl groups excluding tert-OH is 1. The van der Waals surface area contributed by atoms with Crippen molar-refractivity contribution < 1.29 is 5.11 Å². The third kappa shape index (κ3) is 2.67. The largest absolute Gasteiger partial charge is 0.386 e. The fourth-order valence-corrected chi connectivity index (χ4v) is 2.74. The van der Waals surface area contributed by atoms with E-state index in [0.717, 1.165) is 34.4 Å². The molecule has 0 saturated heterocycles. The van der Waals surface area contributed by atoms with E-state index in [4.69, 9.17) is 0 Å². The van der Waals surface area contributed by atoms with Crippen LogP contribution >= 0.6 is 0 Å². The maximum Gasteiger partial charge on any atom is 0.102 e. The molecule has 1 unspecified atom stereocenters. The zero-order valence-corrected chi connectivity index (χ0v) is 12.3. The summed E-state index contributed by atoms with van der Waals surface area (Å²) in [7, 11) is 0. The minimum absolute atomic E-state index is 0.523. The molecule has 0 fully saturated rings. The van der Waals surface area contributed by atoms with E-state index in [9.17, 15) is 5.11 Å². The molecule has 2 heterocycles. The van der Waals surface area contributed by atoms with Gasteiger partial charge in [0.15, 0.2) is 0 Å². The van der Waals surface area contributed by atoms with E-state index in [1.54, 1.807) is 6.20 Å². The van der Waals surface area contributed by atoms with Crippen molar-refractivity contribution in [2.24, 2.45) is 0 Å². The van der Waals surface area contributed by atoms with Crippen molar-refractivity contribution in [3.63, 3.8) is 0 Å². The Hall–Kier alpha value is -2.20. The minimum Gasteiger partial charge on any atom is -0.386 e. The Morgan fingerprint density at radius 1 is 1.24 bits per heavy atom. The van der Waals surface area contributed by atoms with E-state index in [1.165, 1.54) is 0 Å². The summed E-state index contributed by atoms with van der Waals surface area (Å²) in [6.45, 7) is 4.83. The Labute approximate surface area is 124 Å². The van der Waals surface area contributed by atoms with E-state index in [1.807, 2.05) is 48.0 Å². The fraction of sp³-hybridized carbons (Fsp3) is 0.294. The Morgan fingerprint density at radius 3 is 2.86 bits per heavy atom. The van der Waals surface area contributed by atoms with Crippen LogP contribution in [0.15, 0.2) is 42.6 Å². The van der Waals surface area contributed by atoms with Crippen LogP contribution in [0.2, 0.25) is 0 Å². The molecule has 0 amide bonds. The van der Waals surface area contributed by atoms with Crippen LogP contribution in [-0.4, -0.2) is 19.9 Å². The van der Waals surface area contributed by atoms with Gasteiger partial charge in [0.1, 0.15) is 6.10 Å². The zero-order valence-electron chi connectivity index (χ0n) is 12.3. The molecule has 0 aliphatic carbocycles. The molecule has 3 rings (SSSR count). The molecule has 1 atom stereocenters. The number of pyridine rings is 1. The van der Waals surface area contributed by atoms with Gasteiger partial charge in [0.05, 0.1) is 11.4 Å². The van der Waals surface area contributed by atoms with Gasteiger partial charge in [0.2, 0.25) is 0 Å². The first-order valence-electron chi connectivity index (χ1n) is 7.24. The van der Waals surface area contributed by atoms with E-state index >= 15 is 0 Å². The van der Waals surface area contributed by atoms with Gasteiger partial charge in [0.25, 0.3) is 0 Å². The van der Waals surface area contributed by atoms with Crippen LogP contribution in [0, 0.1) is 6.92 Å². The first kappa shape index (κ1) is 13.8. The van der Waals surface area contributed by atoms with Gasteiger partial charge in [-0.05, 0) is 31.4 Å². The first-order chi connectivity index (χ1) is 10.2. The summed E-state index contributed by atoms with van der Waals surface area (Å²) in [6, 6.07) is 12.0. The van der Waals surface area contributed by atoms with Gasteiger partial charge in [-0.15, -0.1) is 0 Å². The van der Waals surface area contributed by atoms with Gasteiger partial charge < -0.3 is 5.11 Å². The summed E-state index contributed by atoms with van der Waals surface area (Å²) in [6.07, 6.45) is 1.65. The average Bonchev–Trinajstić information content (AvgIpc) is 2.86. The molecule has 0 aliphatic rings. The lowest BCUT2D eigenvalue weighted by Gasteiger charge is -2.13. The molecule has 0 aliphatic heterocycles. The van der Waals surface area contributed by atoms with Gasteiger partial charge in [-0.3, -0.25) is 9.67 Å². The van der Waals surface area contributed by atoms with Gasteiger partial charge in [-0.25, -0.2) is 0 Å². The van der Waals surface area contributed by atoms with Crippen molar-refractivity contribution >= 4 is 10.8 Å². The summed E-state index contributed by atoms with van der Waals surface area (Å²) in [5.41, 5.74) is 2.75. The third-order valence-corrected chi connectivity index (χ3v) is 3.71. The lowest BCUT2D eigenvalue weighted by molar-refractivity contribution is 0.172. The Bertz CT molecular complexity index is 758. The Balaban J connectivity index is 1.95. The third-order valence-electron chi connectivity index (χ3n) is 3.71. The number of hydrogen-bond acceptors (Lipinski definition) is 3. The molecule has 21 heavy (non-hydrogen) atoms. The van der Waals surface area contributed by atoms with Crippen molar-refractivity contribution in [3.05, 3.63) is 59.7 Å². The quantitative estimate of drug-likeness (QED) is 0.799. The van der Waals surface area contributed by atoms with Crippen LogP contribution in [0.4, 0.5) is 0 Å². The summed E-state index contributed by atoms with van der Waals surface area (Å²) < 4.78 is 1.93. The molecule has 108 valence electrons. The van der Waals surface area contributed by atoms with E-state index < -0.39 is 6.10 Å². The molecule has 1 aromatic carbocycles. The second-order valence-electron chi connectivity index (χ2n) is 5.23. The molecule has 4 heteroatoms. The highest BCUT2D eigenvalue weighted by atomic mass is 16.3. The summed E-state index contributed by atoms with van der Waals surface area (Å²) >= 11 is 0. The normalized spacial score (nSPS) is 12.7. The SMILES string of the molecule is CCn1nc(C)cc1CC(O)c1nccc2ccccc12. The highest BCUT2D eigenvalue weighted by Crippen LogP contribution is 2.24. The second kappa shape index (κ2) is 5.66. The second-order valence-corrected chi connectivity index (χ2v) is 5.23. The predicted molar refractivity (Wildman–Crippen MR) is 83.0 cm³/mol. The molecule has 0 bridgehead atoms. The number of nitrogens with zero attached hydrogens (tertiary/aromatic N) is 3. The minimum atomic E-state index is -0.627. The van der Waals surface area contributed by atoms with Crippen LogP contribution in [0.5, 0.6) is 0 Å². The van der Waals surface area contributed by atoms with Crippen LogP contribution < -0.4 is 0 Å². The topological polar surface area (TPSA) is 50.9 Å². The molecule has 4 nitrogen and oxygen atoms in total. The van der Waals surface area contributed by atoms with Gasteiger partial charge >= 0.3 is 0 Å². The van der Waals surface area contributed by atoms with E-state index in [2.05, 4.69) is 17.0 Å². The molecule has 2 aromatic heterocycles. The fourth-order valence-electron chi connectivity index (χ4n) is 2.74. The lowest BCUT2D eigenvalue weighted by atomic mass is 10.0. The molecular formula is C17H19N3O. The smallest absolute Gasteiger partial charge is 0.102 e.